The molecule has 0 radical (unpaired) electrons. The molecule has 0 saturated heterocycles. The van der Waals surface area contributed by atoms with Crippen molar-refractivity contribution in [2.24, 2.45) is 0 Å². The first-order valence-electron chi connectivity index (χ1n) is 18.4. The van der Waals surface area contributed by atoms with Crippen molar-refractivity contribution >= 4 is 102 Å². The van der Waals surface area contributed by atoms with Crippen molar-refractivity contribution in [2.45, 2.75) is 13.3 Å². The zero-order valence-electron chi connectivity index (χ0n) is 30.0. The molecule has 1 nitrogen and oxygen atoms in total. The summed E-state index contributed by atoms with van der Waals surface area (Å²) >= 11 is 1.84. The summed E-state index contributed by atoms with van der Waals surface area (Å²) in [4.78, 5) is 0. The van der Waals surface area contributed by atoms with Crippen LogP contribution in [0.3, 0.4) is 0 Å². The third-order valence-corrected chi connectivity index (χ3v) is 12.0. The Morgan fingerprint density at radius 2 is 1.30 bits per heavy atom. The molecule has 2 heterocycles. The first-order valence-corrected chi connectivity index (χ1v) is 19.2. The molecule has 2 heteroatoms. The van der Waals surface area contributed by atoms with E-state index < -0.39 is 0 Å². The van der Waals surface area contributed by atoms with Gasteiger partial charge >= 0.3 is 0 Å². The maximum atomic E-state index is 6.23. The lowest BCUT2D eigenvalue weighted by molar-refractivity contribution is 0.669. The molecular formula is C52H36OS. The van der Waals surface area contributed by atoms with E-state index in [-0.39, 0.29) is 0 Å². The van der Waals surface area contributed by atoms with Crippen LogP contribution in [-0.2, 0) is 0 Å². The second-order valence-electron chi connectivity index (χ2n) is 14.2. The van der Waals surface area contributed by atoms with Gasteiger partial charge in [-0.25, -0.2) is 0 Å². The van der Waals surface area contributed by atoms with Gasteiger partial charge in [0, 0.05) is 30.9 Å². The predicted molar refractivity (Wildman–Crippen MR) is 237 cm³/mol. The summed E-state index contributed by atoms with van der Waals surface area (Å²) in [5, 5.41) is 12.1. The first kappa shape index (κ1) is 32.2. The molecular weight excluding hydrogens is 673 g/mol. The molecule has 7 aromatic carbocycles. The van der Waals surface area contributed by atoms with Gasteiger partial charge in [-0.15, -0.1) is 11.3 Å². The lowest BCUT2D eigenvalue weighted by Crippen LogP contribution is -1.94. The minimum atomic E-state index is 0.921. The Kier molecular flexibility index (Phi) is 7.68. The highest BCUT2D eigenvalue weighted by Gasteiger charge is 2.17. The molecule has 256 valence electrons. The highest BCUT2D eigenvalue weighted by Crippen LogP contribution is 2.43. The Balaban J connectivity index is 1.03. The van der Waals surface area contributed by atoms with Crippen LogP contribution in [-0.4, -0.2) is 0 Å². The number of rotatable bonds is 6. The molecule has 0 fully saturated rings. The van der Waals surface area contributed by atoms with Crippen molar-refractivity contribution in [3.63, 3.8) is 0 Å². The highest BCUT2D eigenvalue weighted by atomic mass is 32.1. The first-order chi connectivity index (χ1) is 26.5. The van der Waals surface area contributed by atoms with Crippen LogP contribution < -0.4 is 0 Å². The van der Waals surface area contributed by atoms with Crippen LogP contribution in [0.2, 0.25) is 0 Å². The summed E-state index contributed by atoms with van der Waals surface area (Å²) in [6, 6.07) is 41.5. The SMILES string of the molecule is C=C(/C=C\C(=C)c1c2ccccc2c(/C(C)=C/C=C2/C=CC=CC2)c2ccccc12)c1ccc2sc3cc4ccc5oc6ccccc6c5c4cc3c2c1. The number of allylic oxidation sites excluding steroid dienone is 12. The fourth-order valence-corrected chi connectivity index (χ4v) is 9.38. The van der Waals surface area contributed by atoms with Crippen molar-refractivity contribution in [2.75, 3.05) is 0 Å². The minimum absolute atomic E-state index is 0.921. The van der Waals surface area contributed by atoms with Crippen LogP contribution in [0.15, 0.2) is 187 Å². The van der Waals surface area contributed by atoms with E-state index in [4.69, 9.17) is 4.42 Å². The Labute approximate surface area is 318 Å². The lowest BCUT2D eigenvalue weighted by atomic mass is 9.86. The van der Waals surface area contributed by atoms with Gasteiger partial charge in [0.05, 0.1) is 0 Å². The Morgan fingerprint density at radius 1 is 0.611 bits per heavy atom. The maximum absolute atomic E-state index is 6.23. The molecule has 0 N–H and O–H groups in total. The number of hydrogen-bond acceptors (Lipinski definition) is 2. The largest absolute Gasteiger partial charge is 0.456 e. The summed E-state index contributed by atoms with van der Waals surface area (Å²) in [6.07, 6.45) is 18.3. The fraction of sp³-hybridized carbons (Fsp3) is 0.0385. The van der Waals surface area contributed by atoms with E-state index in [1.54, 1.807) is 0 Å². The Hall–Kier alpha value is -6.48. The molecule has 0 bridgehead atoms. The van der Waals surface area contributed by atoms with Crippen molar-refractivity contribution in [3.05, 3.63) is 199 Å². The fourth-order valence-electron chi connectivity index (χ4n) is 8.27. The van der Waals surface area contributed by atoms with Gasteiger partial charge in [-0.2, -0.15) is 0 Å². The van der Waals surface area contributed by atoms with Crippen LogP contribution in [0.25, 0.3) is 91.1 Å². The van der Waals surface area contributed by atoms with E-state index in [1.807, 2.05) is 23.5 Å². The third kappa shape index (κ3) is 5.30. The van der Waals surface area contributed by atoms with Crippen LogP contribution in [0.1, 0.15) is 30.0 Å². The summed E-state index contributed by atoms with van der Waals surface area (Å²) in [5.74, 6) is 0. The van der Waals surface area contributed by atoms with E-state index in [2.05, 4.69) is 172 Å². The van der Waals surface area contributed by atoms with E-state index in [1.165, 1.54) is 74.6 Å². The minimum Gasteiger partial charge on any atom is -0.456 e. The standard InChI is InChI=1S/C52H36OS/c1-32(36-26-28-48-44(29-36)45-31-43-37(30-49(45)54-48)25-27-47-52(43)42-19-11-12-20-46(42)53-47)21-22-33(2)50-38-15-7-9-17-40(38)51(41-18-10-8-16-39(41)50)34(3)23-24-35-13-5-4-6-14-35/h4-13,15-31H,1-2,14H2,3H3/b22-21-,34-23+,35-24-. The molecule has 0 spiro atoms. The summed E-state index contributed by atoms with van der Waals surface area (Å²) in [7, 11) is 0. The van der Waals surface area contributed by atoms with Gasteiger partial charge in [0.25, 0.3) is 0 Å². The molecule has 1 aliphatic carbocycles. The second kappa shape index (κ2) is 12.9. The van der Waals surface area contributed by atoms with Gasteiger partial charge in [0.2, 0.25) is 0 Å². The van der Waals surface area contributed by atoms with Gasteiger partial charge in [-0.05, 0) is 121 Å². The number of para-hydroxylation sites is 1. The summed E-state index contributed by atoms with van der Waals surface area (Å²) in [6.45, 7) is 11.4. The molecule has 9 aromatic rings. The Morgan fingerprint density at radius 3 is 2.04 bits per heavy atom. The van der Waals surface area contributed by atoms with E-state index in [9.17, 15) is 0 Å². The number of furan rings is 1. The summed E-state index contributed by atoms with van der Waals surface area (Å²) < 4.78 is 8.78. The van der Waals surface area contributed by atoms with Gasteiger partial charge < -0.3 is 4.42 Å². The van der Waals surface area contributed by atoms with Crippen LogP contribution in [0, 0.1) is 0 Å². The van der Waals surface area contributed by atoms with Crippen LogP contribution >= 0.6 is 11.3 Å². The maximum Gasteiger partial charge on any atom is 0.136 e. The highest BCUT2D eigenvalue weighted by molar-refractivity contribution is 7.25. The zero-order chi connectivity index (χ0) is 36.3. The Bertz CT molecular complexity index is 3160. The second-order valence-corrected chi connectivity index (χ2v) is 15.3. The van der Waals surface area contributed by atoms with Crippen molar-refractivity contribution in [1.82, 2.24) is 0 Å². The van der Waals surface area contributed by atoms with Crippen molar-refractivity contribution < 1.29 is 4.42 Å². The van der Waals surface area contributed by atoms with Gasteiger partial charge in [0.1, 0.15) is 11.2 Å². The van der Waals surface area contributed by atoms with Gasteiger partial charge in [-0.3, -0.25) is 0 Å². The average Bonchev–Trinajstić information content (AvgIpc) is 3.78. The number of hydrogen-bond donors (Lipinski definition) is 0. The molecule has 0 amide bonds. The molecule has 10 rings (SSSR count). The quantitative estimate of drug-likeness (QED) is 0.124. The topological polar surface area (TPSA) is 13.1 Å². The third-order valence-electron chi connectivity index (χ3n) is 10.9. The molecule has 1 aliphatic rings. The molecule has 0 saturated carbocycles. The van der Waals surface area contributed by atoms with Crippen LogP contribution in [0.5, 0.6) is 0 Å². The smallest absolute Gasteiger partial charge is 0.136 e. The van der Waals surface area contributed by atoms with Crippen molar-refractivity contribution in [3.8, 4) is 0 Å². The van der Waals surface area contributed by atoms with Crippen molar-refractivity contribution in [1.29, 1.82) is 0 Å². The number of thiophene rings is 1. The van der Waals surface area contributed by atoms with Gasteiger partial charge in [-0.1, -0.05) is 141 Å². The van der Waals surface area contributed by atoms with E-state index in [0.717, 1.165) is 45.2 Å². The number of benzene rings is 7. The molecule has 0 unspecified atom stereocenters. The monoisotopic (exact) mass is 708 g/mol. The van der Waals surface area contributed by atoms with E-state index >= 15 is 0 Å². The van der Waals surface area contributed by atoms with Crippen LogP contribution in [0.4, 0.5) is 0 Å². The molecule has 2 aromatic heterocycles. The average molecular weight is 709 g/mol. The molecule has 0 atom stereocenters. The normalized spacial score (nSPS) is 14.4. The zero-order valence-corrected chi connectivity index (χ0v) is 30.8. The number of fused-ring (bicyclic) bond motifs is 10. The summed E-state index contributed by atoms with van der Waals surface area (Å²) in [5.41, 5.74) is 9.83. The molecule has 54 heavy (non-hydrogen) atoms. The molecule has 0 aliphatic heterocycles. The predicted octanol–water partition coefficient (Wildman–Crippen LogP) is 15.5. The van der Waals surface area contributed by atoms with E-state index in [0.29, 0.717) is 0 Å². The lowest BCUT2D eigenvalue weighted by Gasteiger charge is -2.18. The van der Waals surface area contributed by atoms with Gasteiger partial charge in [0.15, 0.2) is 0 Å².